The molecule has 0 aromatic heterocycles. The summed E-state index contributed by atoms with van der Waals surface area (Å²) in [5.74, 6) is 0. The van der Waals surface area contributed by atoms with E-state index in [2.05, 4.69) is 72.6 Å². The molecular weight excluding hydrogens is 246 g/mol. The van der Waals surface area contributed by atoms with Crippen molar-refractivity contribution in [3.8, 4) is 0 Å². The topological polar surface area (TPSA) is 3.24 Å². The molecule has 0 radical (unpaired) electrons. The van der Waals surface area contributed by atoms with Crippen molar-refractivity contribution >= 4 is 13.3 Å². The van der Waals surface area contributed by atoms with E-state index in [4.69, 9.17) is 0 Å². The number of nitrogens with zero attached hydrogens (tertiary/aromatic N) is 1. The number of hydrogen-bond acceptors (Lipinski definition) is 1. The number of fused-ring (bicyclic) bond motifs is 1. The average molecular weight is 267 g/mol. The Morgan fingerprint density at radius 3 is 2.42 bits per heavy atom. The van der Waals surface area contributed by atoms with Crippen LogP contribution in [0.15, 0.2) is 54.6 Å². The van der Waals surface area contributed by atoms with E-state index in [1.54, 1.807) is 10.8 Å². The third-order valence-corrected chi connectivity index (χ3v) is 7.19. The van der Waals surface area contributed by atoms with Crippen molar-refractivity contribution in [3.63, 3.8) is 0 Å². The van der Waals surface area contributed by atoms with Crippen molar-refractivity contribution < 1.29 is 0 Å². The lowest BCUT2D eigenvalue weighted by Crippen LogP contribution is -2.57. The van der Waals surface area contributed by atoms with E-state index in [9.17, 15) is 0 Å². The second-order valence-corrected chi connectivity index (χ2v) is 10.8. The average Bonchev–Trinajstić information content (AvgIpc) is 2.39. The zero-order valence-electron chi connectivity index (χ0n) is 11.8. The molecule has 0 aliphatic carbocycles. The monoisotopic (exact) mass is 267 g/mol. The highest BCUT2D eigenvalue weighted by atomic mass is 28.3. The summed E-state index contributed by atoms with van der Waals surface area (Å²) in [5.41, 5.74) is 2.97. The zero-order chi connectivity index (χ0) is 13.3. The molecule has 0 atom stereocenters. The molecule has 1 aliphatic rings. The first-order chi connectivity index (χ1) is 9.15. The van der Waals surface area contributed by atoms with Gasteiger partial charge in [-0.3, -0.25) is 4.90 Å². The first-order valence-electron chi connectivity index (χ1n) is 7.00. The Morgan fingerprint density at radius 1 is 0.947 bits per heavy atom. The molecule has 0 fully saturated rings. The van der Waals surface area contributed by atoms with Crippen LogP contribution in [0.25, 0.3) is 0 Å². The summed E-state index contributed by atoms with van der Waals surface area (Å²) in [4.78, 5) is 2.61. The van der Waals surface area contributed by atoms with Gasteiger partial charge in [-0.2, -0.15) is 0 Å². The molecule has 0 saturated heterocycles. The van der Waals surface area contributed by atoms with Crippen molar-refractivity contribution in [2.75, 3.05) is 6.17 Å². The molecule has 1 nitrogen and oxygen atoms in total. The predicted octanol–water partition coefficient (Wildman–Crippen LogP) is 3.16. The first kappa shape index (κ1) is 12.6. The van der Waals surface area contributed by atoms with Gasteiger partial charge in [0.05, 0.1) is 8.07 Å². The molecule has 0 saturated carbocycles. The van der Waals surface area contributed by atoms with E-state index in [0.29, 0.717) is 0 Å². The van der Waals surface area contributed by atoms with Crippen LogP contribution in [0.4, 0.5) is 0 Å². The van der Waals surface area contributed by atoms with Crippen molar-refractivity contribution in [3.05, 3.63) is 65.7 Å². The van der Waals surface area contributed by atoms with Crippen LogP contribution in [0.2, 0.25) is 13.1 Å². The minimum atomic E-state index is -1.30. The quantitative estimate of drug-likeness (QED) is 0.756. The molecule has 0 unspecified atom stereocenters. The maximum atomic E-state index is 2.61. The Hall–Kier alpha value is -1.38. The molecule has 2 aromatic rings. The molecule has 0 spiro atoms. The Kier molecular flexibility index (Phi) is 3.29. The lowest BCUT2D eigenvalue weighted by molar-refractivity contribution is 0.292. The molecule has 3 rings (SSSR count). The van der Waals surface area contributed by atoms with Crippen molar-refractivity contribution in [2.45, 2.75) is 26.2 Å². The van der Waals surface area contributed by atoms with Crippen LogP contribution in [-0.4, -0.2) is 19.1 Å². The molecule has 1 aliphatic heterocycles. The van der Waals surface area contributed by atoms with Crippen molar-refractivity contribution in [1.82, 2.24) is 4.90 Å². The van der Waals surface area contributed by atoms with Gasteiger partial charge in [-0.15, -0.1) is 0 Å². The summed E-state index contributed by atoms with van der Waals surface area (Å²) in [6.45, 7) is 7.15. The van der Waals surface area contributed by atoms with Crippen LogP contribution in [0, 0.1) is 0 Å². The van der Waals surface area contributed by atoms with Crippen LogP contribution in [0.1, 0.15) is 11.1 Å². The normalized spacial score (nSPS) is 18.0. The highest BCUT2D eigenvalue weighted by molar-refractivity contribution is 6.90. The standard InChI is InChI=1S/C17H21NSi/c1-19(2)14-18(12-15-8-4-3-5-9-15)13-16-10-6-7-11-17(16)19/h3-11H,12-14H2,1-2H3. The van der Waals surface area contributed by atoms with E-state index >= 15 is 0 Å². The lowest BCUT2D eigenvalue weighted by atomic mass is 10.2. The molecule has 2 aromatic carbocycles. The van der Waals surface area contributed by atoms with Gasteiger partial charge < -0.3 is 0 Å². The fourth-order valence-electron chi connectivity index (χ4n) is 3.21. The molecular formula is C17H21NSi. The minimum absolute atomic E-state index is 1.08. The van der Waals surface area contributed by atoms with E-state index in [1.165, 1.54) is 11.7 Å². The zero-order valence-corrected chi connectivity index (χ0v) is 12.8. The smallest absolute Gasteiger partial charge is 0.0953 e. The van der Waals surface area contributed by atoms with Crippen LogP contribution < -0.4 is 5.19 Å². The third kappa shape index (κ3) is 2.65. The Bertz CT molecular complexity index is 562. The molecule has 0 amide bonds. The minimum Gasteiger partial charge on any atom is -0.297 e. The van der Waals surface area contributed by atoms with E-state index < -0.39 is 8.07 Å². The van der Waals surface area contributed by atoms with E-state index in [0.717, 1.165) is 13.1 Å². The Balaban J connectivity index is 1.84. The maximum Gasteiger partial charge on any atom is 0.0953 e. The van der Waals surface area contributed by atoms with E-state index in [-0.39, 0.29) is 0 Å². The van der Waals surface area contributed by atoms with Crippen LogP contribution in [0.5, 0.6) is 0 Å². The van der Waals surface area contributed by atoms with Gasteiger partial charge in [-0.25, -0.2) is 0 Å². The second kappa shape index (κ2) is 4.95. The van der Waals surface area contributed by atoms with Gasteiger partial charge in [-0.1, -0.05) is 72.9 Å². The van der Waals surface area contributed by atoms with Gasteiger partial charge in [0.15, 0.2) is 0 Å². The van der Waals surface area contributed by atoms with Crippen LogP contribution >= 0.6 is 0 Å². The molecule has 0 bridgehead atoms. The Labute approximate surface area is 116 Å². The molecule has 1 heterocycles. The second-order valence-electron chi connectivity index (χ2n) is 6.17. The number of benzene rings is 2. The third-order valence-electron chi connectivity index (χ3n) is 4.01. The molecule has 0 N–H and O–H groups in total. The SMILES string of the molecule is C[Si]1(C)CN(Cc2ccccc2)Cc2ccccc21. The first-order valence-corrected chi connectivity index (χ1v) is 10.2. The van der Waals surface area contributed by atoms with Crippen molar-refractivity contribution in [1.29, 1.82) is 0 Å². The number of rotatable bonds is 2. The van der Waals surface area contributed by atoms with Crippen molar-refractivity contribution in [2.24, 2.45) is 0 Å². The van der Waals surface area contributed by atoms with Gasteiger partial charge >= 0.3 is 0 Å². The summed E-state index contributed by atoms with van der Waals surface area (Å²) in [6.07, 6.45) is 1.26. The highest BCUT2D eigenvalue weighted by Crippen LogP contribution is 2.20. The maximum absolute atomic E-state index is 2.61. The van der Waals surface area contributed by atoms with Gasteiger partial charge in [0, 0.05) is 13.1 Å². The molecule has 2 heteroatoms. The van der Waals surface area contributed by atoms with Gasteiger partial charge in [0.1, 0.15) is 0 Å². The van der Waals surface area contributed by atoms with Gasteiger partial charge in [-0.05, 0) is 17.3 Å². The largest absolute Gasteiger partial charge is 0.297 e. The van der Waals surface area contributed by atoms with Crippen LogP contribution in [0.3, 0.4) is 0 Å². The van der Waals surface area contributed by atoms with Gasteiger partial charge in [0.25, 0.3) is 0 Å². The summed E-state index contributed by atoms with van der Waals surface area (Å²) >= 11 is 0. The molecule has 98 valence electrons. The highest BCUT2D eigenvalue weighted by Gasteiger charge is 2.32. The predicted molar refractivity (Wildman–Crippen MR) is 84.1 cm³/mol. The van der Waals surface area contributed by atoms with Crippen LogP contribution in [-0.2, 0) is 13.1 Å². The molecule has 19 heavy (non-hydrogen) atoms. The lowest BCUT2D eigenvalue weighted by Gasteiger charge is -2.38. The summed E-state index contributed by atoms with van der Waals surface area (Å²) in [6, 6.07) is 19.8. The summed E-state index contributed by atoms with van der Waals surface area (Å²) in [7, 11) is -1.30. The fourth-order valence-corrected chi connectivity index (χ4v) is 6.30. The fraction of sp³-hybridized carbons (Fsp3) is 0.294. The summed E-state index contributed by atoms with van der Waals surface area (Å²) < 4.78 is 0. The Morgan fingerprint density at radius 2 is 1.63 bits per heavy atom. The summed E-state index contributed by atoms with van der Waals surface area (Å²) in [5, 5.41) is 1.65. The number of hydrogen-bond donors (Lipinski definition) is 0. The van der Waals surface area contributed by atoms with Gasteiger partial charge in [0.2, 0.25) is 0 Å². The van der Waals surface area contributed by atoms with E-state index in [1.807, 2.05) is 0 Å².